The smallest absolute Gasteiger partial charge is 0.415 e. The molecule has 4 rings (SSSR count). The Morgan fingerprint density at radius 3 is 1.69 bits per heavy atom. The Balaban J connectivity index is 1.62. The summed E-state index contributed by atoms with van der Waals surface area (Å²) < 4.78 is 10.7. The van der Waals surface area contributed by atoms with E-state index in [0.29, 0.717) is 22.6 Å². The first-order valence-corrected chi connectivity index (χ1v) is 10.3. The minimum absolute atomic E-state index is 0.0637. The lowest BCUT2D eigenvalue weighted by molar-refractivity contribution is -0.113. The van der Waals surface area contributed by atoms with Crippen LogP contribution in [-0.2, 0) is 4.79 Å². The number of rotatable bonds is 4. The normalized spacial score (nSPS) is 16.3. The number of piperidine rings is 1. The van der Waals surface area contributed by atoms with E-state index < -0.39 is 6.09 Å². The summed E-state index contributed by atoms with van der Waals surface area (Å²) in [4.78, 5) is 27.7. The van der Waals surface area contributed by atoms with Gasteiger partial charge in [-0.2, -0.15) is 0 Å². The number of benzene rings is 3. The van der Waals surface area contributed by atoms with Crippen LogP contribution < -0.4 is 9.47 Å². The number of carbonyl (C=O) groups is 2. The highest BCUT2D eigenvalue weighted by atomic mass is 16.6. The molecule has 1 fully saturated rings. The molecule has 0 saturated carbocycles. The number of hydrogen-bond acceptors (Lipinski definition) is 4. The number of ether oxygens (including phenoxy) is 2. The largest absolute Gasteiger partial charge is 0.497 e. The van der Waals surface area contributed by atoms with Crippen molar-refractivity contribution in [3.8, 4) is 11.5 Å². The summed E-state index contributed by atoms with van der Waals surface area (Å²) in [7, 11) is 1.58. The van der Waals surface area contributed by atoms with E-state index in [1.165, 1.54) is 4.90 Å². The Morgan fingerprint density at radius 1 is 0.750 bits per heavy atom. The Morgan fingerprint density at radius 2 is 1.22 bits per heavy atom. The van der Waals surface area contributed by atoms with E-state index in [4.69, 9.17) is 9.47 Å². The van der Waals surface area contributed by atoms with Crippen LogP contribution in [0.3, 0.4) is 0 Å². The molecule has 3 aromatic carbocycles. The zero-order valence-electron chi connectivity index (χ0n) is 17.7. The molecule has 5 heteroatoms. The first-order chi connectivity index (χ1) is 15.6. The molecule has 1 heterocycles. The molecule has 0 bridgehead atoms. The van der Waals surface area contributed by atoms with E-state index in [0.717, 1.165) is 11.1 Å². The third kappa shape index (κ3) is 5.13. The van der Waals surface area contributed by atoms with Crippen LogP contribution in [0.2, 0.25) is 0 Å². The van der Waals surface area contributed by atoms with E-state index in [2.05, 4.69) is 0 Å². The monoisotopic (exact) mass is 425 g/mol. The van der Waals surface area contributed by atoms with Crippen LogP contribution in [0.1, 0.15) is 11.1 Å². The average Bonchev–Trinajstić information content (AvgIpc) is 2.83. The fourth-order valence-electron chi connectivity index (χ4n) is 3.48. The second kappa shape index (κ2) is 9.79. The van der Waals surface area contributed by atoms with Crippen LogP contribution >= 0.6 is 0 Å². The van der Waals surface area contributed by atoms with Crippen molar-refractivity contribution in [1.82, 2.24) is 4.90 Å². The second-order valence-electron chi connectivity index (χ2n) is 7.39. The summed E-state index contributed by atoms with van der Waals surface area (Å²) in [5.41, 5.74) is 2.88. The van der Waals surface area contributed by atoms with Gasteiger partial charge in [-0.1, -0.05) is 60.7 Å². The predicted molar refractivity (Wildman–Crippen MR) is 124 cm³/mol. The van der Waals surface area contributed by atoms with Crippen molar-refractivity contribution in [2.45, 2.75) is 0 Å². The molecule has 0 spiro atoms. The van der Waals surface area contributed by atoms with Gasteiger partial charge in [0.15, 0.2) is 5.78 Å². The number of hydrogen-bond donors (Lipinski definition) is 0. The number of Topliss-reactive ketones (excluding diaryl/α,β-unsaturated/α-hetero) is 1. The molecule has 1 saturated heterocycles. The number of nitrogens with zero attached hydrogens (tertiary/aromatic N) is 1. The molecule has 5 nitrogen and oxygen atoms in total. The van der Waals surface area contributed by atoms with Gasteiger partial charge < -0.3 is 9.47 Å². The Kier molecular flexibility index (Phi) is 6.46. The number of ketones is 1. The molecule has 1 amide bonds. The molecule has 0 unspecified atom stereocenters. The van der Waals surface area contributed by atoms with E-state index in [1.54, 1.807) is 31.4 Å². The molecular weight excluding hydrogens is 402 g/mol. The lowest BCUT2D eigenvalue weighted by atomic mass is 9.94. The average molecular weight is 425 g/mol. The van der Waals surface area contributed by atoms with E-state index in [1.807, 2.05) is 72.8 Å². The number of methoxy groups -OCH3 is 1. The summed E-state index contributed by atoms with van der Waals surface area (Å²) in [6.45, 7) is 0.351. The van der Waals surface area contributed by atoms with Gasteiger partial charge in [0.1, 0.15) is 11.5 Å². The maximum Gasteiger partial charge on any atom is 0.415 e. The highest BCUT2D eigenvalue weighted by Gasteiger charge is 2.30. The quantitative estimate of drug-likeness (QED) is 0.536. The maximum atomic E-state index is 13.2. The standard InChI is InChI=1S/C27H23NO4/c1-31-24-12-14-25(15-13-24)32-27(30)28-18-22(16-20-8-4-2-5-9-20)26(29)23(19-28)17-21-10-6-3-7-11-21/h2-17H,18-19H2,1H3/b22-16-,23-17-. The summed E-state index contributed by atoms with van der Waals surface area (Å²) in [6.07, 6.45) is 3.14. The predicted octanol–water partition coefficient (Wildman–Crippen LogP) is 5.25. The molecule has 0 aromatic heterocycles. The minimum atomic E-state index is -0.513. The lowest BCUT2D eigenvalue weighted by Gasteiger charge is -2.29. The summed E-state index contributed by atoms with van der Waals surface area (Å²) in [5.74, 6) is 1.02. The highest BCUT2D eigenvalue weighted by molar-refractivity contribution is 6.15. The van der Waals surface area contributed by atoms with Gasteiger partial charge in [-0.05, 0) is 47.5 Å². The van der Waals surface area contributed by atoms with Crippen molar-refractivity contribution in [3.63, 3.8) is 0 Å². The molecule has 3 aromatic rings. The Labute approximate surface area is 187 Å². The Bertz CT molecular complexity index is 1090. The molecule has 160 valence electrons. The molecule has 0 atom stereocenters. The zero-order chi connectivity index (χ0) is 22.3. The zero-order valence-corrected chi connectivity index (χ0v) is 17.7. The molecule has 32 heavy (non-hydrogen) atoms. The van der Waals surface area contributed by atoms with Crippen LogP contribution in [0.15, 0.2) is 96.1 Å². The third-order valence-corrected chi connectivity index (χ3v) is 5.11. The van der Waals surface area contributed by atoms with Crippen molar-refractivity contribution in [3.05, 3.63) is 107 Å². The summed E-state index contributed by atoms with van der Waals surface area (Å²) in [6, 6.07) is 26.0. The van der Waals surface area contributed by atoms with E-state index in [9.17, 15) is 9.59 Å². The van der Waals surface area contributed by atoms with Crippen molar-refractivity contribution < 1.29 is 19.1 Å². The highest BCUT2D eigenvalue weighted by Crippen LogP contribution is 2.24. The van der Waals surface area contributed by atoms with Gasteiger partial charge in [0.05, 0.1) is 20.2 Å². The van der Waals surface area contributed by atoms with Crippen LogP contribution in [0.5, 0.6) is 11.5 Å². The lowest BCUT2D eigenvalue weighted by Crippen LogP contribution is -2.43. The molecule has 1 aliphatic heterocycles. The first-order valence-electron chi connectivity index (χ1n) is 10.3. The molecular formula is C27H23NO4. The summed E-state index contributed by atoms with van der Waals surface area (Å²) in [5, 5.41) is 0. The third-order valence-electron chi connectivity index (χ3n) is 5.11. The van der Waals surface area contributed by atoms with E-state index >= 15 is 0 Å². The number of carbonyl (C=O) groups excluding carboxylic acids is 2. The topological polar surface area (TPSA) is 55.8 Å². The number of likely N-dealkylation sites (tertiary alicyclic amines) is 1. The van der Waals surface area contributed by atoms with Crippen LogP contribution in [-0.4, -0.2) is 37.0 Å². The van der Waals surface area contributed by atoms with Gasteiger partial charge in [-0.25, -0.2) is 4.79 Å². The Hall–Kier alpha value is -4.12. The van der Waals surface area contributed by atoms with Gasteiger partial charge in [-0.3, -0.25) is 9.69 Å². The van der Waals surface area contributed by atoms with Crippen molar-refractivity contribution in [2.75, 3.05) is 20.2 Å². The van der Waals surface area contributed by atoms with Gasteiger partial charge in [-0.15, -0.1) is 0 Å². The van der Waals surface area contributed by atoms with Crippen LogP contribution in [0.4, 0.5) is 4.79 Å². The fraction of sp³-hybridized carbons (Fsp3) is 0.111. The second-order valence-corrected chi connectivity index (χ2v) is 7.39. The van der Waals surface area contributed by atoms with Gasteiger partial charge in [0, 0.05) is 11.1 Å². The van der Waals surface area contributed by atoms with Gasteiger partial charge in [0.25, 0.3) is 0 Å². The SMILES string of the molecule is COc1ccc(OC(=O)N2C/C(=C/c3ccccc3)C(=O)/C(=C\c3ccccc3)C2)cc1. The molecule has 0 radical (unpaired) electrons. The minimum Gasteiger partial charge on any atom is -0.497 e. The van der Waals surface area contributed by atoms with Gasteiger partial charge in [0.2, 0.25) is 0 Å². The fourth-order valence-corrected chi connectivity index (χ4v) is 3.48. The van der Waals surface area contributed by atoms with Crippen LogP contribution in [0.25, 0.3) is 12.2 Å². The van der Waals surface area contributed by atoms with E-state index in [-0.39, 0.29) is 18.9 Å². The van der Waals surface area contributed by atoms with Crippen molar-refractivity contribution in [2.24, 2.45) is 0 Å². The van der Waals surface area contributed by atoms with Crippen molar-refractivity contribution >= 4 is 24.0 Å². The van der Waals surface area contributed by atoms with Gasteiger partial charge >= 0.3 is 6.09 Å². The first kappa shape index (κ1) is 21.1. The van der Waals surface area contributed by atoms with Crippen LogP contribution in [0, 0.1) is 0 Å². The molecule has 0 aliphatic carbocycles. The molecule has 1 aliphatic rings. The maximum absolute atomic E-state index is 13.2. The van der Waals surface area contributed by atoms with Crippen molar-refractivity contribution in [1.29, 1.82) is 0 Å². The summed E-state index contributed by atoms with van der Waals surface area (Å²) >= 11 is 0. The number of amides is 1. The molecule has 0 N–H and O–H groups in total.